The molecule has 0 aliphatic rings. The zero-order chi connectivity index (χ0) is 15.6. The van der Waals surface area contributed by atoms with Gasteiger partial charge in [0, 0.05) is 10.6 Å². The molecule has 0 aromatic heterocycles. The van der Waals surface area contributed by atoms with Crippen LogP contribution in [0.2, 0.25) is 5.02 Å². The number of halogens is 4. The van der Waals surface area contributed by atoms with Gasteiger partial charge in [-0.2, -0.15) is 0 Å². The first-order chi connectivity index (χ1) is 9.97. The summed E-state index contributed by atoms with van der Waals surface area (Å²) in [7, 11) is 0. The Morgan fingerprint density at radius 3 is 2.62 bits per heavy atom. The molecule has 0 radical (unpaired) electrons. The van der Waals surface area contributed by atoms with Gasteiger partial charge in [0.2, 0.25) is 0 Å². The highest BCUT2D eigenvalue weighted by molar-refractivity contribution is 9.10. The number of hydrogen-bond donors (Lipinski definition) is 1. The van der Waals surface area contributed by atoms with E-state index in [1.807, 2.05) is 19.9 Å². The largest absolute Gasteiger partial charge is 0.306 e. The minimum Gasteiger partial charge on any atom is -0.306 e. The molecule has 0 saturated heterocycles. The van der Waals surface area contributed by atoms with Gasteiger partial charge in [-0.25, -0.2) is 8.78 Å². The third kappa shape index (κ3) is 3.28. The van der Waals surface area contributed by atoms with E-state index in [9.17, 15) is 8.78 Å². The monoisotopic (exact) mass is 373 g/mol. The Bertz CT molecular complexity index is 661. The quantitative estimate of drug-likeness (QED) is 0.708. The fourth-order valence-electron chi connectivity index (χ4n) is 2.32. The van der Waals surface area contributed by atoms with E-state index in [0.29, 0.717) is 11.6 Å². The summed E-state index contributed by atoms with van der Waals surface area (Å²) in [5.74, 6) is -1.18. The molecule has 0 heterocycles. The van der Waals surface area contributed by atoms with E-state index in [0.717, 1.165) is 11.1 Å². The van der Waals surface area contributed by atoms with Crippen molar-refractivity contribution in [3.05, 3.63) is 68.2 Å². The lowest BCUT2D eigenvalue weighted by Crippen LogP contribution is -2.25. The number of rotatable bonds is 4. The molecule has 0 spiro atoms. The maximum atomic E-state index is 14.4. The lowest BCUT2D eigenvalue weighted by molar-refractivity contribution is 0.506. The zero-order valence-electron chi connectivity index (χ0n) is 11.7. The molecule has 2 rings (SSSR count). The molecule has 0 amide bonds. The molecule has 5 heteroatoms. The van der Waals surface area contributed by atoms with Crippen LogP contribution in [-0.2, 0) is 0 Å². The summed E-state index contributed by atoms with van der Waals surface area (Å²) in [5, 5.41) is 3.71. The van der Waals surface area contributed by atoms with Crippen LogP contribution in [-0.4, -0.2) is 6.54 Å². The van der Waals surface area contributed by atoms with Gasteiger partial charge in [-0.15, -0.1) is 0 Å². The second-order valence-electron chi connectivity index (χ2n) is 4.70. The Morgan fingerprint density at radius 1 is 1.24 bits per heavy atom. The van der Waals surface area contributed by atoms with Crippen LogP contribution in [0.25, 0.3) is 0 Å². The number of hydrogen-bond acceptors (Lipinski definition) is 1. The molecular formula is C16H15BrClF2N. The first-order valence-corrected chi connectivity index (χ1v) is 7.76. The zero-order valence-corrected chi connectivity index (χ0v) is 14.0. The Balaban J connectivity index is 2.65. The molecule has 0 aliphatic carbocycles. The van der Waals surface area contributed by atoms with Gasteiger partial charge in [0.25, 0.3) is 0 Å². The van der Waals surface area contributed by atoms with E-state index in [1.165, 1.54) is 12.1 Å². The second-order valence-corrected chi connectivity index (χ2v) is 5.96. The molecule has 1 unspecified atom stereocenters. The Labute approximate surface area is 136 Å². The first-order valence-electron chi connectivity index (χ1n) is 6.59. The molecule has 2 aromatic carbocycles. The fraction of sp³-hybridized carbons (Fsp3) is 0.250. The summed E-state index contributed by atoms with van der Waals surface area (Å²) < 4.78 is 28.8. The van der Waals surface area contributed by atoms with Crippen molar-refractivity contribution >= 4 is 27.5 Å². The molecule has 0 fully saturated rings. The maximum Gasteiger partial charge on any atom is 0.145 e. The minimum absolute atomic E-state index is 0.00316. The molecule has 2 aromatic rings. The van der Waals surface area contributed by atoms with Crippen molar-refractivity contribution in [2.75, 3.05) is 6.54 Å². The van der Waals surface area contributed by atoms with Crippen molar-refractivity contribution in [1.82, 2.24) is 5.32 Å². The van der Waals surface area contributed by atoms with Gasteiger partial charge in [-0.1, -0.05) is 30.7 Å². The highest BCUT2D eigenvalue weighted by atomic mass is 79.9. The van der Waals surface area contributed by atoms with Crippen LogP contribution >= 0.6 is 27.5 Å². The van der Waals surface area contributed by atoms with Gasteiger partial charge in [-0.3, -0.25) is 0 Å². The highest BCUT2D eigenvalue weighted by Gasteiger charge is 2.24. The summed E-state index contributed by atoms with van der Waals surface area (Å²) >= 11 is 9.24. The van der Waals surface area contributed by atoms with Crippen molar-refractivity contribution in [3.8, 4) is 0 Å². The maximum absolute atomic E-state index is 14.4. The van der Waals surface area contributed by atoms with Gasteiger partial charge < -0.3 is 5.32 Å². The lowest BCUT2D eigenvalue weighted by Gasteiger charge is -2.23. The van der Waals surface area contributed by atoms with Gasteiger partial charge in [0.15, 0.2) is 0 Å². The van der Waals surface area contributed by atoms with Crippen molar-refractivity contribution < 1.29 is 8.78 Å². The second kappa shape index (κ2) is 6.86. The van der Waals surface area contributed by atoms with Gasteiger partial charge in [0.1, 0.15) is 11.6 Å². The molecule has 0 saturated carbocycles. The average molecular weight is 375 g/mol. The van der Waals surface area contributed by atoms with Crippen molar-refractivity contribution in [2.45, 2.75) is 19.9 Å². The predicted molar refractivity (Wildman–Crippen MR) is 85.8 cm³/mol. The van der Waals surface area contributed by atoms with E-state index in [4.69, 9.17) is 11.6 Å². The third-order valence-corrected chi connectivity index (χ3v) is 4.42. The molecular weight excluding hydrogens is 360 g/mol. The average Bonchev–Trinajstić information content (AvgIpc) is 2.45. The van der Waals surface area contributed by atoms with Crippen LogP contribution in [0, 0.1) is 18.6 Å². The summed E-state index contributed by atoms with van der Waals surface area (Å²) in [6.45, 7) is 4.30. The van der Waals surface area contributed by atoms with Gasteiger partial charge in [0.05, 0.1) is 10.5 Å². The summed E-state index contributed by atoms with van der Waals surface area (Å²) in [4.78, 5) is 0. The summed E-state index contributed by atoms with van der Waals surface area (Å²) in [5.41, 5.74) is 1.57. The standard InChI is InChI=1S/C16H15BrClF2N/c1-3-21-16(10-5-4-6-12(18)9(10)2)14-13(19)8-7-11(17)15(14)20/h4-8,16,21H,3H2,1-2H3. The smallest absolute Gasteiger partial charge is 0.145 e. The highest BCUT2D eigenvalue weighted by Crippen LogP contribution is 2.33. The van der Waals surface area contributed by atoms with E-state index >= 15 is 0 Å². The molecule has 1 nitrogen and oxygen atoms in total. The summed E-state index contributed by atoms with van der Waals surface area (Å²) in [6, 6.07) is 7.40. The van der Waals surface area contributed by atoms with Crippen molar-refractivity contribution in [2.24, 2.45) is 0 Å². The van der Waals surface area contributed by atoms with E-state index in [2.05, 4.69) is 21.2 Å². The minimum atomic E-state index is -0.597. The van der Waals surface area contributed by atoms with Crippen molar-refractivity contribution in [1.29, 1.82) is 0 Å². The topological polar surface area (TPSA) is 12.0 Å². The van der Waals surface area contributed by atoms with Crippen molar-refractivity contribution in [3.63, 3.8) is 0 Å². The van der Waals surface area contributed by atoms with Crippen LogP contribution in [0.4, 0.5) is 8.78 Å². The number of benzene rings is 2. The van der Waals surface area contributed by atoms with Crippen LogP contribution in [0.3, 0.4) is 0 Å². The Kier molecular flexibility index (Phi) is 5.36. The van der Waals surface area contributed by atoms with Gasteiger partial charge >= 0.3 is 0 Å². The normalized spacial score (nSPS) is 12.5. The number of nitrogens with one attached hydrogen (secondary N) is 1. The fourth-order valence-corrected chi connectivity index (χ4v) is 2.84. The molecule has 0 bridgehead atoms. The van der Waals surface area contributed by atoms with Gasteiger partial charge in [-0.05, 0) is 58.7 Å². The van der Waals surface area contributed by atoms with Crippen LogP contribution < -0.4 is 5.32 Å². The van der Waals surface area contributed by atoms with Crippen LogP contribution in [0.5, 0.6) is 0 Å². The molecule has 1 atom stereocenters. The predicted octanol–water partition coefficient (Wildman–Crippen LogP) is 5.39. The molecule has 0 aliphatic heterocycles. The first kappa shape index (κ1) is 16.4. The van der Waals surface area contributed by atoms with E-state index in [1.54, 1.807) is 12.1 Å². The van der Waals surface area contributed by atoms with E-state index in [-0.39, 0.29) is 10.0 Å². The SMILES string of the molecule is CCNC(c1cccc(Cl)c1C)c1c(F)ccc(Br)c1F. The van der Waals surface area contributed by atoms with Crippen LogP contribution in [0.1, 0.15) is 29.7 Å². The lowest BCUT2D eigenvalue weighted by atomic mass is 9.94. The molecule has 112 valence electrons. The molecule has 21 heavy (non-hydrogen) atoms. The molecule has 1 N–H and O–H groups in total. The van der Waals surface area contributed by atoms with E-state index < -0.39 is 17.7 Å². The Hall–Kier alpha value is -0.970. The van der Waals surface area contributed by atoms with Crippen LogP contribution in [0.15, 0.2) is 34.8 Å². The third-order valence-electron chi connectivity index (χ3n) is 3.40. The Morgan fingerprint density at radius 2 is 1.95 bits per heavy atom. The summed E-state index contributed by atoms with van der Waals surface area (Å²) in [6.07, 6.45) is 0.